The summed E-state index contributed by atoms with van der Waals surface area (Å²) in [6, 6.07) is 3.94. The normalized spacial score (nSPS) is 10.7. The van der Waals surface area contributed by atoms with Gasteiger partial charge in [0.2, 0.25) is 0 Å². The number of amides is 1. The lowest BCUT2D eigenvalue weighted by atomic mass is 10.2. The van der Waals surface area contributed by atoms with Crippen molar-refractivity contribution in [1.82, 2.24) is 0 Å². The first-order chi connectivity index (χ1) is 6.58. The number of hydrogen-bond donors (Lipinski definition) is 1. The SMILES string of the molecule is NC(=O)c1cc2cc(F)cc(Br)c2o1. The van der Waals surface area contributed by atoms with Crippen molar-refractivity contribution in [1.29, 1.82) is 0 Å². The molecule has 1 aromatic carbocycles. The first-order valence-electron chi connectivity index (χ1n) is 3.76. The number of nitrogens with two attached hydrogens (primary N) is 1. The van der Waals surface area contributed by atoms with E-state index >= 15 is 0 Å². The van der Waals surface area contributed by atoms with E-state index < -0.39 is 11.7 Å². The van der Waals surface area contributed by atoms with Gasteiger partial charge in [0.25, 0.3) is 5.91 Å². The first-order valence-corrected chi connectivity index (χ1v) is 4.55. The topological polar surface area (TPSA) is 56.2 Å². The largest absolute Gasteiger partial charge is 0.450 e. The van der Waals surface area contributed by atoms with Gasteiger partial charge in [-0.2, -0.15) is 0 Å². The standard InChI is InChI=1S/C9H5BrFNO2/c10-6-3-5(11)1-4-2-7(9(12)13)14-8(4)6/h1-3H,(H2,12,13). The van der Waals surface area contributed by atoms with Crippen molar-refractivity contribution in [3.8, 4) is 0 Å². The molecule has 14 heavy (non-hydrogen) atoms. The van der Waals surface area contributed by atoms with Gasteiger partial charge in [0, 0.05) is 5.39 Å². The Morgan fingerprint density at radius 3 is 2.79 bits per heavy atom. The van der Waals surface area contributed by atoms with Crippen LogP contribution in [-0.4, -0.2) is 5.91 Å². The summed E-state index contributed by atoms with van der Waals surface area (Å²) in [4.78, 5) is 10.8. The van der Waals surface area contributed by atoms with Crippen molar-refractivity contribution < 1.29 is 13.6 Å². The fourth-order valence-corrected chi connectivity index (χ4v) is 1.73. The van der Waals surface area contributed by atoms with Crippen LogP contribution in [0.15, 0.2) is 27.1 Å². The van der Waals surface area contributed by atoms with Crippen molar-refractivity contribution in [2.45, 2.75) is 0 Å². The molecule has 72 valence electrons. The molecular formula is C9H5BrFNO2. The van der Waals surface area contributed by atoms with Crippen LogP contribution < -0.4 is 5.73 Å². The van der Waals surface area contributed by atoms with E-state index in [1.165, 1.54) is 18.2 Å². The predicted octanol–water partition coefficient (Wildman–Crippen LogP) is 2.43. The van der Waals surface area contributed by atoms with E-state index in [2.05, 4.69) is 15.9 Å². The summed E-state index contributed by atoms with van der Waals surface area (Å²) in [5, 5.41) is 0.505. The number of carbonyl (C=O) groups excluding carboxylic acids is 1. The number of benzene rings is 1. The molecule has 2 rings (SSSR count). The Kier molecular flexibility index (Phi) is 2.03. The van der Waals surface area contributed by atoms with Crippen molar-refractivity contribution in [3.63, 3.8) is 0 Å². The Morgan fingerprint density at radius 2 is 2.14 bits per heavy atom. The zero-order chi connectivity index (χ0) is 10.3. The maximum Gasteiger partial charge on any atom is 0.284 e. The number of primary amides is 1. The molecule has 0 unspecified atom stereocenters. The van der Waals surface area contributed by atoms with Gasteiger partial charge < -0.3 is 10.2 Å². The van der Waals surface area contributed by atoms with Gasteiger partial charge in [-0.05, 0) is 34.1 Å². The third kappa shape index (κ3) is 1.39. The van der Waals surface area contributed by atoms with Crippen molar-refractivity contribution >= 4 is 32.8 Å². The maximum absolute atomic E-state index is 12.9. The summed E-state index contributed by atoms with van der Waals surface area (Å²) in [5.74, 6) is -1.05. The van der Waals surface area contributed by atoms with E-state index in [0.717, 1.165) is 0 Å². The average Bonchev–Trinajstić information content (AvgIpc) is 2.47. The third-order valence-electron chi connectivity index (χ3n) is 1.78. The quantitative estimate of drug-likeness (QED) is 0.853. The van der Waals surface area contributed by atoms with Crippen LogP contribution in [0, 0.1) is 5.82 Å². The van der Waals surface area contributed by atoms with Gasteiger partial charge in [-0.1, -0.05) is 0 Å². The highest BCUT2D eigenvalue weighted by Crippen LogP contribution is 2.28. The van der Waals surface area contributed by atoms with E-state index in [1.54, 1.807) is 0 Å². The summed E-state index contributed by atoms with van der Waals surface area (Å²) < 4.78 is 18.5. The predicted molar refractivity (Wildman–Crippen MR) is 52.4 cm³/mol. The Bertz CT molecular complexity index is 521. The zero-order valence-corrected chi connectivity index (χ0v) is 8.47. The van der Waals surface area contributed by atoms with Gasteiger partial charge in [0.1, 0.15) is 11.4 Å². The molecule has 0 saturated heterocycles. The summed E-state index contributed by atoms with van der Waals surface area (Å²) in [7, 11) is 0. The lowest BCUT2D eigenvalue weighted by molar-refractivity contribution is 0.0976. The summed E-state index contributed by atoms with van der Waals surface area (Å²) in [6.45, 7) is 0. The van der Waals surface area contributed by atoms with Gasteiger partial charge >= 0.3 is 0 Å². The molecule has 0 aliphatic carbocycles. The average molecular weight is 258 g/mol. The molecule has 0 atom stereocenters. The fourth-order valence-electron chi connectivity index (χ4n) is 1.20. The second kappa shape index (κ2) is 3.09. The molecule has 1 aromatic heterocycles. The van der Waals surface area contributed by atoms with Gasteiger partial charge in [-0.25, -0.2) is 4.39 Å². The molecule has 2 aromatic rings. The van der Waals surface area contributed by atoms with Gasteiger partial charge in [0.15, 0.2) is 5.76 Å². The minimum atomic E-state index is -0.673. The van der Waals surface area contributed by atoms with Gasteiger partial charge in [-0.15, -0.1) is 0 Å². The van der Waals surface area contributed by atoms with Crippen LogP contribution >= 0.6 is 15.9 Å². The third-order valence-corrected chi connectivity index (χ3v) is 2.37. The number of furan rings is 1. The van der Waals surface area contributed by atoms with E-state index in [0.29, 0.717) is 15.4 Å². The number of fused-ring (bicyclic) bond motifs is 1. The molecule has 1 heterocycles. The maximum atomic E-state index is 12.9. The number of carbonyl (C=O) groups is 1. The fraction of sp³-hybridized carbons (Fsp3) is 0. The summed E-state index contributed by atoms with van der Waals surface area (Å²) in [6.07, 6.45) is 0. The Morgan fingerprint density at radius 1 is 1.43 bits per heavy atom. The first kappa shape index (κ1) is 9.21. The van der Waals surface area contributed by atoms with Crippen LogP contribution in [0.1, 0.15) is 10.6 Å². The summed E-state index contributed by atoms with van der Waals surface area (Å²) in [5.41, 5.74) is 5.44. The molecule has 0 radical (unpaired) electrons. The Hall–Kier alpha value is -1.36. The number of halogens is 2. The number of hydrogen-bond acceptors (Lipinski definition) is 2. The lowest BCUT2D eigenvalue weighted by Crippen LogP contribution is -2.08. The minimum Gasteiger partial charge on any atom is -0.450 e. The van der Waals surface area contributed by atoms with Crippen LogP contribution in [0.3, 0.4) is 0 Å². The molecule has 0 fully saturated rings. The van der Waals surface area contributed by atoms with Crippen molar-refractivity contribution in [2.75, 3.05) is 0 Å². The van der Waals surface area contributed by atoms with Crippen molar-refractivity contribution in [3.05, 3.63) is 34.2 Å². The van der Waals surface area contributed by atoms with E-state index in [9.17, 15) is 9.18 Å². The summed E-state index contributed by atoms with van der Waals surface area (Å²) >= 11 is 3.12. The highest BCUT2D eigenvalue weighted by Gasteiger charge is 2.11. The number of rotatable bonds is 1. The second-order valence-corrected chi connectivity index (χ2v) is 3.64. The van der Waals surface area contributed by atoms with Crippen LogP contribution in [0.2, 0.25) is 0 Å². The van der Waals surface area contributed by atoms with Crippen LogP contribution in [0.25, 0.3) is 11.0 Å². The highest BCUT2D eigenvalue weighted by atomic mass is 79.9. The van der Waals surface area contributed by atoms with Crippen molar-refractivity contribution in [2.24, 2.45) is 5.73 Å². The van der Waals surface area contributed by atoms with Crippen LogP contribution in [-0.2, 0) is 0 Å². The lowest BCUT2D eigenvalue weighted by Gasteiger charge is -1.92. The van der Waals surface area contributed by atoms with Gasteiger partial charge in [-0.3, -0.25) is 4.79 Å². The molecule has 5 heteroatoms. The Labute approximate surface area is 86.8 Å². The molecule has 0 bridgehead atoms. The van der Waals surface area contributed by atoms with Crippen LogP contribution in [0.4, 0.5) is 4.39 Å². The zero-order valence-electron chi connectivity index (χ0n) is 6.88. The molecule has 0 saturated carbocycles. The van der Waals surface area contributed by atoms with E-state index in [4.69, 9.17) is 10.2 Å². The molecule has 2 N–H and O–H groups in total. The van der Waals surface area contributed by atoms with Gasteiger partial charge in [0.05, 0.1) is 4.47 Å². The molecular weight excluding hydrogens is 253 g/mol. The molecule has 0 aliphatic heterocycles. The Balaban J connectivity index is 2.76. The van der Waals surface area contributed by atoms with E-state index in [-0.39, 0.29) is 5.76 Å². The van der Waals surface area contributed by atoms with E-state index in [1.807, 2.05) is 0 Å². The monoisotopic (exact) mass is 257 g/mol. The molecule has 3 nitrogen and oxygen atoms in total. The smallest absolute Gasteiger partial charge is 0.284 e. The minimum absolute atomic E-state index is 0.0197. The molecule has 0 aliphatic rings. The molecule has 1 amide bonds. The highest BCUT2D eigenvalue weighted by molar-refractivity contribution is 9.10. The van der Waals surface area contributed by atoms with Crippen LogP contribution in [0.5, 0.6) is 0 Å². The molecule has 0 spiro atoms. The second-order valence-electron chi connectivity index (χ2n) is 2.78.